The molecular formula is C19H29N5O2. The van der Waals surface area contributed by atoms with E-state index in [9.17, 15) is 9.59 Å². The topological polar surface area (TPSA) is 79.3 Å². The van der Waals surface area contributed by atoms with Gasteiger partial charge in [-0.2, -0.15) is 5.10 Å². The molecule has 0 aromatic carbocycles. The SMILES string of the molecule is O=C(NCC1CC1)C1CCCN(C(=O)C2(n3cccn3)CCNCC2)C1. The molecule has 1 saturated carbocycles. The summed E-state index contributed by atoms with van der Waals surface area (Å²) in [5.41, 5.74) is -0.610. The van der Waals surface area contributed by atoms with E-state index in [2.05, 4.69) is 15.7 Å². The predicted octanol–water partition coefficient (Wildman–Crippen LogP) is 0.727. The molecule has 7 nitrogen and oxygen atoms in total. The minimum Gasteiger partial charge on any atom is -0.356 e. The lowest BCUT2D eigenvalue weighted by atomic mass is 9.85. The minimum atomic E-state index is -0.610. The Morgan fingerprint density at radius 1 is 1.23 bits per heavy atom. The van der Waals surface area contributed by atoms with Crippen LogP contribution >= 0.6 is 0 Å². The van der Waals surface area contributed by atoms with Gasteiger partial charge in [0.25, 0.3) is 5.91 Å². The van der Waals surface area contributed by atoms with Gasteiger partial charge in [0.15, 0.2) is 0 Å². The van der Waals surface area contributed by atoms with E-state index in [1.165, 1.54) is 12.8 Å². The van der Waals surface area contributed by atoms with Gasteiger partial charge in [0, 0.05) is 32.0 Å². The Labute approximate surface area is 154 Å². The van der Waals surface area contributed by atoms with Crippen molar-refractivity contribution in [2.45, 2.75) is 44.1 Å². The number of nitrogens with zero attached hydrogens (tertiary/aromatic N) is 3. The number of aromatic nitrogens is 2. The van der Waals surface area contributed by atoms with Gasteiger partial charge in [-0.15, -0.1) is 0 Å². The molecule has 1 unspecified atom stereocenters. The smallest absolute Gasteiger partial charge is 0.250 e. The van der Waals surface area contributed by atoms with Gasteiger partial charge < -0.3 is 15.5 Å². The highest BCUT2D eigenvalue weighted by atomic mass is 16.2. The number of amides is 2. The number of hydrogen-bond donors (Lipinski definition) is 2. The summed E-state index contributed by atoms with van der Waals surface area (Å²) in [6.45, 7) is 3.69. The van der Waals surface area contributed by atoms with Crippen LogP contribution < -0.4 is 10.6 Å². The number of carbonyl (C=O) groups is 2. The standard InChI is InChI=1S/C19H29N5O2/c25-17(21-13-15-4-5-15)16-3-1-11-23(14-16)18(26)19(6-9-20-10-7-19)24-12-2-8-22-24/h2,8,12,15-16,20H,1,3-7,9-11,13-14H2,(H,21,25). The zero-order valence-electron chi connectivity index (χ0n) is 15.3. The lowest BCUT2D eigenvalue weighted by Gasteiger charge is -2.42. The lowest BCUT2D eigenvalue weighted by Crippen LogP contribution is -2.58. The van der Waals surface area contributed by atoms with Crippen molar-refractivity contribution in [3.63, 3.8) is 0 Å². The van der Waals surface area contributed by atoms with Crippen LogP contribution in [0.2, 0.25) is 0 Å². The molecule has 2 aliphatic heterocycles. The van der Waals surface area contributed by atoms with Gasteiger partial charge in [-0.05, 0) is 63.6 Å². The van der Waals surface area contributed by atoms with Gasteiger partial charge in [0.05, 0.1) is 5.92 Å². The van der Waals surface area contributed by atoms with E-state index in [4.69, 9.17) is 0 Å². The summed E-state index contributed by atoms with van der Waals surface area (Å²) in [4.78, 5) is 27.9. The molecule has 2 amide bonds. The van der Waals surface area contributed by atoms with Crippen molar-refractivity contribution >= 4 is 11.8 Å². The van der Waals surface area contributed by atoms with E-state index in [1.54, 1.807) is 6.20 Å². The first kappa shape index (κ1) is 17.5. The molecule has 142 valence electrons. The molecule has 0 radical (unpaired) electrons. The van der Waals surface area contributed by atoms with Crippen molar-refractivity contribution in [1.29, 1.82) is 0 Å². The highest BCUT2D eigenvalue weighted by molar-refractivity contribution is 5.86. The van der Waals surface area contributed by atoms with Crippen LogP contribution in [0.3, 0.4) is 0 Å². The Morgan fingerprint density at radius 3 is 2.73 bits per heavy atom. The maximum Gasteiger partial charge on any atom is 0.250 e. The Bertz CT molecular complexity index is 634. The normalized spacial score (nSPS) is 25.7. The Balaban J connectivity index is 1.45. The summed E-state index contributed by atoms with van der Waals surface area (Å²) < 4.78 is 1.84. The fourth-order valence-corrected chi connectivity index (χ4v) is 4.28. The number of nitrogens with one attached hydrogen (secondary N) is 2. The molecule has 0 bridgehead atoms. The molecule has 1 aromatic heterocycles. The van der Waals surface area contributed by atoms with E-state index in [0.717, 1.165) is 51.9 Å². The number of hydrogen-bond acceptors (Lipinski definition) is 4. The second kappa shape index (κ2) is 7.39. The van der Waals surface area contributed by atoms with Crippen molar-refractivity contribution < 1.29 is 9.59 Å². The number of likely N-dealkylation sites (tertiary alicyclic amines) is 1. The fourth-order valence-electron chi connectivity index (χ4n) is 4.28. The van der Waals surface area contributed by atoms with Gasteiger partial charge in [-0.25, -0.2) is 0 Å². The number of piperidine rings is 2. The monoisotopic (exact) mass is 359 g/mol. The molecule has 0 spiro atoms. The van der Waals surface area contributed by atoms with Gasteiger partial charge in [0.2, 0.25) is 5.91 Å². The first-order valence-corrected chi connectivity index (χ1v) is 9.97. The first-order valence-electron chi connectivity index (χ1n) is 9.97. The molecule has 3 fully saturated rings. The van der Waals surface area contributed by atoms with Crippen LogP contribution in [-0.2, 0) is 15.1 Å². The molecule has 1 atom stereocenters. The van der Waals surface area contributed by atoms with Gasteiger partial charge in [-0.1, -0.05) is 0 Å². The molecule has 2 saturated heterocycles. The van der Waals surface area contributed by atoms with Crippen LogP contribution in [0.4, 0.5) is 0 Å². The van der Waals surface area contributed by atoms with Crippen LogP contribution in [0.15, 0.2) is 18.5 Å². The molecule has 26 heavy (non-hydrogen) atoms. The van der Waals surface area contributed by atoms with Crippen LogP contribution in [0.25, 0.3) is 0 Å². The minimum absolute atomic E-state index is 0.0807. The van der Waals surface area contributed by atoms with Gasteiger partial charge >= 0.3 is 0 Å². The average Bonchev–Trinajstić information content (AvgIpc) is 3.36. The first-order chi connectivity index (χ1) is 12.7. The lowest BCUT2D eigenvalue weighted by molar-refractivity contribution is -0.146. The van der Waals surface area contributed by atoms with E-state index in [-0.39, 0.29) is 17.7 Å². The number of carbonyl (C=O) groups excluding carboxylic acids is 2. The molecule has 3 aliphatic rings. The molecule has 1 aromatic rings. The summed E-state index contributed by atoms with van der Waals surface area (Å²) in [5.74, 6) is 0.844. The zero-order chi connectivity index (χ0) is 18.0. The summed E-state index contributed by atoms with van der Waals surface area (Å²) in [7, 11) is 0. The van der Waals surface area contributed by atoms with Gasteiger partial charge in [0.1, 0.15) is 5.54 Å². The van der Waals surface area contributed by atoms with Crippen LogP contribution in [-0.4, -0.2) is 59.2 Å². The van der Waals surface area contributed by atoms with E-state index in [1.807, 2.05) is 21.8 Å². The highest BCUT2D eigenvalue weighted by Gasteiger charge is 2.45. The summed E-state index contributed by atoms with van der Waals surface area (Å²) >= 11 is 0. The Kier molecular flexibility index (Phi) is 4.98. The zero-order valence-corrected chi connectivity index (χ0v) is 15.3. The van der Waals surface area contributed by atoms with Crippen molar-refractivity contribution in [1.82, 2.24) is 25.3 Å². The van der Waals surface area contributed by atoms with Crippen LogP contribution in [0.1, 0.15) is 38.5 Å². The molecular weight excluding hydrogens is 330 g/mol. The maximum absolute atomic E-state index is 13.5. The third-order valence-electron chi connectivity index (χ3n) is 6.11. The molecule has 3 heterocycles. The molecule has 2 N–H and O–H groups in total. The average molecular weight is 359 g/mol. The molecule has 4 rings (SSSR count). The summed E-state index contributed by atoms with van der Waals surface area (Å²) in [5, 5.41) is 10.8. The van der Waals surface area contributed by atoms with Gasteiger partial charge in [-0.3, -0.25) is 14.3 Å². The third-order valence-corrected chi connectivity index (χ3v) is 6.11. The van der Waals surface area contributed by atoms with Crippen LogP contribution in [0.5, 0.6) is 0 Å². The third kappa shape index (κ3) is 3.49. The van der Waals surface area contributed by atoms with E-state index in [0.29, 0.717) is 12.5 Å². The predicted molar refractivity (Wildman–Crippen MR) is 97.3 cm³/mol. The van der Waals surface area contributed by atoms with Crippen molar-refractivity contribution in [3.05, 3.63) is 18.5 Å². The second-order valence-corrected chi connectivity index (χ2v) is 8.01. The fraction of sp³-hybridized carbons (Fsp3) is 0.737. The van der Waals surface area contributed by atoms with Crippen molar-refractivity contribution in [2.75, 3.05) is 32.7 Å². The second-order valence-electron chi connectivity index (χ2n) is 8.01. The van der Waals surface area contributed by atoms with E-state index >= 15 is 0 Å². The Hall–Kier alpha value is -1.89. The quantitative estimate of drug-likeness (QED) is 0.812. The van der Waals surface area contributed by atoms with Crippen molar-refractivity contribution in [2.24, 2.45) is 11.8 Å². The largest absolute Gasteiger partial charge is 0.356 e. The van der Waals surface area contributed by atoms with Crippen molar-refractivity contribution in [3.8, 4) is 0 Å². The van der Waals surface area contributed by atoms with Crippen LogP contribution in [0, 0.1) is 11.8 Å². The highest BCUT2D eigenvalue weighted by Crippen LogP contribution is 2.32. The summed E-state index contributed by atoms with van der Waals surface area (Å²) in [6.07, 6.45) is 9.34. The summed E-state index contributed by atoms with van der Waals surface area (Å²) in [6, 6.07) is 1.88. The Morgan fingerprint density at radius 2 is 2.04 bits per heavy atom. The molecule has 7 heteroatoms. The maximum atomic E-state index is 13.5. The number of rotatable bonds is 5. The molecule has 1 aliphatic carbocycles. The van der Waals surface area contributed by atoms with E-state index < -0.39 is 5.54 Å².